The van der Waals surface area contributed by atoms with Crippen molar-refractivity contribution in [2.45, 2.75) is 25.7 Å². The van der Waals surface area contributed by atoms with Crippen LogP contribution in [-0.4, -0.2) is 24.0 Å². The largest absolute Gasteiger partial charge is 0.496 e. The summed E-state index contributed by atoms with van der Waals surface area (Å²) in [5.74, 6) is 2.46. The number of anilines is 1. The average molecular weight is 287 g/mol. The number of ether oxygens (including phenoxy) is 2. The minimum Gasteiger partial charge on any atom is -0.496 e. The van der Waals surface area contributed by atoms with Crippen molar-refractivity contribution in [2.75, 3.05) is 20.0 Å². The lowest BCUT2D eigenvalue weighted by molar-refractivity contribution is 0.390. The lowest BCUT2D eigenvalue weighted by atomic mass is 9.88. The van der Waals surface area contributed by atoms with E-state index in [1.165, 1.54) is 24.0 Å². The van der Waals surface area contributed by atoms with E-state index in [-0.39, 0.29) is 0 Å². The second kappa shape index (κ2) is 5.31. The molecule has 0 radical (unpaired) electrons. The van der Waals surface area contributed by atoms with Gasteiger partial charge in [0.05, 0.1) is 19.9 Å². The second-order valence-electron chi connectivity index (χ2n) is 5.40. The van der Waals surface area contributed by atoms with Gasteiger partial charge in [0.15, 0.2) is 0 Å². The molecular formula is C16H21N3O2. The zero-order chi connectivity index (χ0) is 15.0. The molecule has 112 valence electrons. The number of fused-ring (bicyclic) bond motifs is 1. The number of aryl methyl sites for hydroxylation is 1. The molecule has 0 bridgehead atoms. The summed E-state index contributed by atoms with van der Waals surface area (Å²) in [7, 11) is 5.26. The van der Waals surface area contributed by atoms with Gasteiger partial charge >= 0.3 is 0 Å². The zero-order valence-electron chi connectivity index (χ0n) is 12.8. The van der Waals surface area contributed by atoms with Crippen LogP contribution in [0.1, 0.15) is 24.0 Å². The first-order valence-electron chi connectivity index (χ1n) is 7.22. The van der Waals surface area contributed by atoms with E-state index in [0.29, 0.717) is 5.82 Å². The van der Waals surface area contributed by atoms with Crippen LogP contribution in [0.5, 0.6) is 11.5 Å². The Morgan fingerprint density at radius 3 is 2.38 bits per heavy atom. The monoisotopic (exact) mass is 287 g/mol. The van der Waals surface area contributed by atoms with Gasteiger partial charge in [-0.15, -0.1) is 0 Å². The summed E-state index contributed by atoms with van der Waals surface area (Å²) in [5, 5.41) is 4.47. The fourth-order valence-electron chi connectivity index (χ4n) is 3.09. The number of nitrogens with zero attached hydrogens (tertiary/aromatic N) is 2. The predicted octanol–water partition coefficient (Wildman–Crippen LogP) is 2.57. The third kappa shape index (κ3) is 2.22. The first kappa shape index (κ1) is 13.8. The van der Waals surface area contributed by atoms with E-state index >= 15 is 0 Å². The first-order chi connectivity index (χ1) is 10.2. The maximum absolute atomic E-state index is 5.91. The summed E-state index contributed by atoms with van der Waals surface area (Å²) in [6, 6.07) is 3.89. The van der Waals surface area contributed by atoms with Crippen LogP contribution < -0.4 is 15.2 Å². The summed E-state index contributed by atoms with van der Waals surface area (Å²) in [5.41, 5.74) is 10.2. The number of methoxy groups -OCH3 is 2. The Balaban J connectivity index is 2.24. The summed E-state index contributed by atoms with van der Waals surface area (Å²) in [4.78, 5) is 0. The molecule has 2 aromatic rings. The highest BCUT2D eigenvalue weighted by Gasteiger charge is 2.23. The van der Waals surface area contributed by atoms with Gasteiger partial charge in [-0.3, -0.25) is 4.68 Å². The van der Waals surface area contributed by atoms with Crippen molar-refractivity contribution < 1.29 is 9.47 Å². The third-order valence-electron chi connectivity index (χ3n) is 4.18. The van der Waals surface area contributed by atoms with Crippen molar-refractivity contribution in [1.29, 1.82) is 0 Å². The van der Waals surface area contributed by atoms with Crippen molar-refractivity contribution in [2.24, 2.45) is 7.05 Å². The van der Waals surface area contributed by atoms with E-state index in [1.807, 2.05) is 19.2 Å². The maximum Gasteiger partial charge on any atom is 0.132 e. The van der Waals surface area contributed by atoms with Crippen molar-refractivity contribution >= 4 is 5.82 Å². The van der Waals surface area contributed by atoms with Crippen LogP contribution in [0.4, 0.5) is 5.82 Å². The van der Waals surface area contributed by atoms with Crippen LogP contribution in [0.2, 0.25) is 0 Å². The minimum absolute atomic E-state index is 0.628. The van der Waals surface area contributed by atoms with Gasteiger partial charge in [-0.05, 0) is 31.7 Å². The van der Waals surface area contributed by atoms with E-state index in [4.69, 9.17) is 15.2 Å². The van der Waals surface area contributed by atoms with Crippen LogP contribution in [0.15, 0.2) is 12.1 Å². The van der Waals surface area contributed by atoms with Gasteiger partial charge in [-0.25, -0.2) is 0 Å². The highest BCUT2D eigenvalue weighted by molar-refractivity contribution is 5.75. The predicted molar refractivity (Wildman–Crippen MR) is 82.8 cm³/mol. The van der Waals surface area contributed by atoms with Crippen LogP contribution in [0.25, 0.3) is 11.3 Å². The molecule has 0 amide bonds. The normalized spacial score (nSPS) is 13.9. The van der Waals surface area contributed by atoms with E-state index in [9.17, 15) is 0 Å². The number of benzene rings is 1. The molecule has 5 heteroatoms. The van der Waals surface area contributed by atoms with Crippen molar-refractivity contribution in [3.8, 4) is 22.8 Å². The number of rotatable bonds is 3. The Bertz CT molecular complexity index is 657. The van der Waals surface area contributed by atoms with E-state index in [0.717, 1.165) is 35.6 Å². The van der Waals surface area contributed by atoms with Crippen molar-refractivity contribution in [3.05, 3.63) is 23.3 Å². The fraction of sp³-hybridized carbons (Fsp3) is 0.438. The smallest absolute Gasteiger partial charge is 0.132 e. The fourth-order valence-corrected chi connectivity index (χ4v) is 3.09. The van der Waals surface area contributed by atoms with Crippen molar-refractivity contribution in [1.82, 2.24) is 9.78 Å². The highest BCUT2D eigenvalue weighted by Crippen LogP contribution is 2.43. The molecule has 0 spiro atoms. The molecule has 1 aromatic carbocycles. The number of hydrogen-bond donors (Lipinski definition) is 1. The second-order valence-corrected chi connectivity index (χ2v) is 5.40. The Morgan fingerprint density at radius 2 is 1.81 bits per heavy atom. The Morgan fingerprint density at radius 1 is 1.10 bits per heavy atom. The van der Waals surface area contributed by atoms with Crippen molar-refractivity contribution in [3.63, 3.8) is 0 Å². The zero-order valence-corrected chi connectivity index (χ0v) is 12.8. The maximum atomic E-state index is 5.91. The highest BCUT2D eigenvalue weighted by atomic mass is 16.5. The van der Waals surface area contributed by atoms with Crippen LogP contribution in [0.3, 0.4) is 0 Å². The molecule has 0 fully saturated rings. The lowest BCUT2D eigenvalue weighted by Gasteiger charge is -2.23. The van der Waals surface area contributed by atoms with Gasteiger partial charge in [0.1, 0.15) is 17.3 Å². The minimum atomic E-state index is 0.628. The molecule has 2 N–H and O–H groups in total. The molecule has 3 rings (SSSR count). The summed E-state index contributed by atoms with van der Waals surface area (Å²) in [6.07, 6.45) is 4.44. The van der Waals surface area contributed by atoms with Gasteiger partial charge in [0, 0.05) is 29.8 Å². The topological polar surface area (TPSA) is 62.3 Å². The first-order valence-corrected chi connectivity index (χ1v) is 7.22. The summed E-state index contributed by atoms with van der Waals surface area (Å²) in [6.45, 7) is 0. The molecule has 1 heterocycles. The number of hydrogen-bond acceptors (Lipinski definition) is 4. The molecule has 21 heavy (non-hydrogen) atoms. The Kier molecular flexibility index (Phi) is 3.49. The molecule has 1 aromatic heterocycles. The SMILES string of the molecule is COc1cc(-c2cc(N)n(C)n2)c(OC)c2c1CCCC2. The Hall–Kier alpha value is -2.17. The van der Waals surface area contributed by atoms with Gasteiger partial charge in [-0.2, -0.15) is 5.10 Å². The van der Waals surface area contributed by atoms with E-state index < -0.39 is 0 Å². The molecule has 0 atom stereocenters. The van der Waals surface area contributed by atoms with Crippen LogP contribution in [0, 0.1) is 0 Å². The van der Waals surface area contributed by atoms with Gasteiger partial charge in [-0.1, -0.05) is 0 Å². The number of aromatic nitrogens is 2. The van der Waals surface area contributed by atoms with Gasteiger partial charge < -0.3 is 15.2 Å². The lowest BCUT2D eigenvalue weighted by Crippen LogP contribution is -2.08. The third-order valence-corrected chi connectivity index (χ3v) is 4.18. The van der Waals surface area contributed by atoms with Crippen LogP contribution >= 0.6 is 0 Å². The van der Waals surface area contributed by atoms with Gasteiger partial charge in [0.25, 0.3) is 0 Å². The van der Waals surface area contributed by atoms with Gasteiger partial charge in [0.2, 0.25) is 0 Å². The molecular weight excluding hydrogens is 266 g/mol. The molecule has 0 aliphatic heterocycles. The van der Waals surface area contributed by atoms with Crippen LogP contribution in [-0.2, 0) is 19.9 Å². The molecule has 1 aliphatic rings. The molecule has 5 nitrogen and oxygen atoms in total. The quantitative estimate of drug-likeness (QED) is 0.942. The average Bonchev–Trinajstić information content (AvgIpc) is 2.84. The molecule has 0 unspecified atom stereocenters. The summed E-state index contributed by atoms with van der Waals surface area (Å²) < 4.78 is 13.0. The van der Waals surface area contributed by atoms with E-state index in [2.05, 4.69) is 5.10 Å². The Labute approximate surface area is 124 Å². The standard InChI is InChI=1S/C16H21N3O2/c1-19-15(17)9-13(18-19)12-8-14(20-2)10-6-4-5-7-11(10)16(12)21-3/h8-9H,4-7,17H2,1-3H3. The molecule has 0 saturated carbocycles. The number of nitrogen functional groups attached to an aromatic ring is 1. The number of nitrogens with two attached hydrogens (primary N) is 1. The van der Waals surface area contributed by atoms with E-state index in [1.54, 1.807) is 18.9 Å². The summed E-state index contributed by atoms with van der Waals surface area (Å²) >= 11 is 0. The molecule has 1 aliphatic carbocycles. The molecule has 0 saturated heterocycles.